The van der Waals surface area contributed by atoms with Gasteiger partial charge in [0.05, 0.1) is 0 Å². The van der Waals surface area contributed by atoms with E-state index in [1.807, 2.05) is 0 Å². The van der Waals surface area contributed by atoms with E-state index in [2.05, 4.69) is 5.32 Å². The first-order chi connectivity index (χ1) is 5.07. The molecular formula is C5H13ClN6. The van der Waals surface area contributed by atoms with Gasteiger partial charge in [-0.15, -0.1) is 12.4 Å². The lowest BCUT2D eigenvalue weighted by molar-refractivity contribution is 0.574. The Morgan fingerprint density at radius 1 is 1.50 bits per heavy atom. The summed E-state index contributed by atoms with van der Waals surface area (Å²) in [6.45, 7) is 1.76. The van der Waals surface area contributed by atoms with E-state index in [9.17, 15) is 0 Å². The zero-order valence-corrected chi connectivity index (χ0v) is 7.48. The van der Waals surface area contributed by atoms with E-state index in [1.54, 1.807) is 13.0 Å². The van der Waals surface area contributed by atoms with Crippen molar-refractivity contribution in [3.05, 3.63) is 12.3 Å². The van der Waals surface area contributed by atoms with Gasteiger partial charge < -0.3 is 5.73 Å². The maximum absolute atomic E-state index is 7.15. The topological polar surface area (TPSA) is 115 Å². The lowest BCUT2D eigenvalue weighted by atomic mass is 10.6. The Morgan fingerprint density at radius 3 is 2.33 bits per heavy atom. The summed E-state index contributed by atoms with van der Waals surface area (Å²) in [5.41, 5.74) is 4.95. The fraction of sp³-hybridized carbons (Fsp3) is 0.200. The van der Waals surface area contributed by atoms with Gasteiger partial charge in [-0.25, -0.2) is 5.84 Å². The van der Waals surface area contributed by atoms with Crippen molar-refractivity contribution in [3.8, 4) is 0 Å². The van der Waals surface area contributed by atoms with Gasteiger partial charge in [0.25, 0.3) is 0 Å². The fourth-order valence-electron chi connectivity index (χ4n) is 0.427. The predicted molar refractivity (Wildman–Crippen MR) is 50.9 cm³/mol. The Balaban J connectivity index is 0. The van der Waals surface area contributed by atoms with Crippen molar-refractivity contribution in [1.82, 2.24) is 10.3 Å². The monoisotopic (exact) mass is 192 g/mol. The van der Waals surface area contributed by atoms with Crippen LogP contribution in [0.4, 0.5) is 0 Å². The number of hydrogen-bond acceptors (Lipinski definition) is 3. The highest BCUT2D eigenvalue weighted by molar-refractivity contribution is 5.94. The first-order valence-electron chi connectivity index (χ1n) is 2.94. The van der Waals surface area contributed by atoms with E-state index in [0.29, 0.717) is 0 Å². The van der Waals surface area contributed by atoms with Crippen LogP contribution < -0.4 is 16.9 Å². The molecule has 0 aliphatic rings. The Bertz CT molecular complexity index is 188. The molecule has 7 heteroatoms. The molecule has 0 heterocycles. The molecule has 0 aromatic rings. The summed E-state index contributed by atoms with van der Waals surface area (Å²) in [4.78, 5) is 0. The third-order valence-electron chi connectivity index (χ3n) is 0.821. The molecule has 0 spiro atoms. The molecule has 0 atom stereocenters. The first kappa shape index (κ1) is 13.3. The predicted octanol–water partition coefficient (Wildman–Crippen LogP) is -0.465. The Morgan fingerprint density at radius 2 is 2.00 bits per heavy atom. The molecule has 0 saturated carbocycles. The summed E-state index contributed by atoms with van der Waals surface area (Å²) < 4.78 is 0. The highest BCUT2D eigenvalue weighted by Crippen LogP contribution is 1.78. The molecule has 6 nitrogen and oxygen atoms in total. The summed E-state index contributed by atoms with van der Waals surface area (Å²) in [5.74, 6) is 4.83. The quantitative estimate of drug-likeness (QED) is 0.167. The average molecular weight is 193 g/mol. The second-order valence-electron chi connectivity index (χ2n) is 1.78. The lowest BCUT2D eigenvalue weighted by Gasteiger charge is -2.14. The van der Waals surface area contributed by atoms with Crippen molar-refractivity contribution in [2.24, 2.45) is 11.6 Å². The molecule has 0 saturated heterocycles. The largest absolute Gasteiger partial charge is 0.370 e. The SMILES string of the molecule is CC=CN(N)C(=N)NC(=N)N.Cl. The summed E-state index contributed by atoms with van der Waals surface area (Å²) in [7, 11) is 0. The van der Waals surface area contributed by atoms with Gasteiger partial charge in [-0.1, -0.05) is 6.08 Å². The average Bonchev–Trinajstić information content (AvgIpc) is 1.86. The van der Waals surface area contributed by atoms with E-state index in [0.717, 1.165) is 5.01 Å². The normalized spacial score (nSPS) is 8.83. The minimum Gasteiger partial charge on any atom is -0.370 e. The lowest BCUT2D eigenvalue weighted by Crippen LogP contribution is -2.46. The number of nitrogens with zero attached hydrogens (tertiary/aromatic N) is 1. The van der Waals surface area contributed by atoms with E-state index in [4.69, 9.17) is 22.4 Å². The molecule has 0 amide bonds. The Hall–Kier alpha value is -1.27. The summed E-state index contributed by atoms with van der Waals surface area (Å²) in [6.07, 6.45) is 3.13. The van der Waals surface area contributed by atoms with Gasteiger partial charge in [-0.2, -0.15) is 0 Å². The molecule has 0 aliphatic heterocycles. The number of hydrazine groups is 1. The van der Waals surface area contributed by atoms with Crippen molar-refractivity contribution < 1.29 is 0 Å². The fourth-order valence-corrected chi connectivity index (χ4v) is 0.427. The zero-order valence-electron chi connectivity index (χ0n) is 6.66. The van der Waals surface area contributed by atoms with Gasteiger partial charge in [-0.05, 0) is 6.92 Å². The number of nitrogens with two attached hydrogens (primary N) is 2. The maximum atomic E-state index is 7.15. The molecular weight excluding hydrogens is 180 g/mol. The standard InChI is InChI=1S/C5H12N6.ClH/c1-2-3-11(9)5(8)10-4(6)7;/h2-3H,9H2,1H3,(H5,6,7,8,10);1H. The molecule has 0 rings (SSSR count). The Labute approximate surface area is 77.0 Å². The smallest absolute Gasteiger partial charge is 0.216 e. The summed E-state index contributed by atoms with van der Waals surface area (Å²) in [5, 5.41) is 17.2. The molecule has 0 bridgehead atoms. The third-order valence-corrected chi connectivity index (χ3v) is 0.821. The van der Waals surface area contributed by atoms with Gasteiger partial charge in [-0.3, -0.25) is 21.1 Å². The number of nitrogens with one attached hydrogen (secondary N) is 3. The van der Waals surface area contributed by atoms with E-state index in [-0.39, 0.29) is 24.3 Å². The molecule has 0 unspecified atom stereocenters. The first-order valence-corrected chi connectivity index (χ1v) is 2.94. The van der Waals surface area contributed by atoms with Crippen LogP contribution in [0.25, 0.3) is 0 Å². The molecule has 12 heavy (non-hydrogen) atoms. The van der Waals surface area contributed by atoms with Crippen LogP contribution >= 0.6 is 12.4 Å². The van der Waals surface area contributed by atoms with Crippen molar-refractivity contribution >= 4 is 24.3 Å². The van der Waals surface area contributed by atoms with Crippen LogP contribution in [0.5, 0.6) is 0 Å². The molecule has 7 N–H and O–H groups in total. The van der Waals surface area contributed by atoms with Crippen LogP contribution in [-0.4, -0.2) is 16.9 Å². The van der Waals surface area contributed by atoms with Crippen LogP contribution in [0.2, 0.25) is 0 Å². The van der Waals surface area contributed by atoms with E-state index >= 15 is 0 Å². The van der Waals surface area contributed by atoms with Crippen molar-refractivity contribution in [1.29, 1.82) is 10.8 Å². The molecule has 0 radical (unpaired) electrons. The molecule has 0 aromatic heterocycles. The number of halogens is 1. The van der Waals surface area contributed by atoms with Crippen LogP contribution in [0.15, 0.2) is 12.3 Å². The highest BCUT2D eigenvalue weighted by atomic mass is 35.5. The minimum absolute atomic E-state index is 0. The van der Waals surface area contributed by atoms with Gasteiger partial charge >= 0.3 is 0 Å². The number of guanidine groups is 2. The van der Waals surface area contributed by atoms with E-state index < -0.39 is 0 Å². The number of allylic oxidation sites excluding steroid dienone is 1. The van der Waals surface area contributed by atoms with Crippen LogP contribution in [0.3, 0.4) is 0 Å². The highest BCUT2D eigenvalue weighted by Gasteiger charge is 1.99. The second kappa shape index (κ2) is 6.44. The third kappa shape index (κ3) is 5.51. The van der Waals surface area contributed by atoms with Crippen molar-refractivity contribution in [2.75, 3.05) is 0 Å². The van der Waals surface area contributed by atoms with Crippen LogP contribution in [0, 0.1) is 10.8 Å². The van der Waals surface area contributed by atoms with Gasteiger partial charge in [0.2, 0.25) is 5.96 Å². The number of rotatable bonds is 1. The second-order valence-corrected chi connectivity index (χ2v) is 1.78. The van der Waals surface area contributed by atoms with Crippen LogP contribution in [0.1, 0.15) is 6.92 Å². The molecule has 0 aliphatic carbocycles. The van der Waals surface area contributed by atoms with Gasteiger partial charge in [0.1, 0.15) is 0 Å². The summed E-state index contributed by atoms with van der Waals surface area (Å²) in [6, 6.07) is 0. The Kier molecular flexibility index (Phi) is 7.15. The number of hydrogen-bond donors (Lipinski definition) is 5. The molecule has 70 valence electrons. The van der Waals surface area contributed by atoms with Gasteiger partial charge in [0, 0.05) is 6.20 Å². The zero-order chi connectivity index (χ0) is 8.85. The molecule has 0 aromatic carbocycles. The van der Waals surface area contributed by atoms with Gasteiger partial charge in [0.15, 0.2) is 5.96 Å². The van der Waals surface area contributed by atoms with Crippen LogP contribution in [-0.2, 0) is 0 Å². The summed E-state index contributed by atoms with van der Waals surface area (Å²) >= 11 is 0. The van der Waals surface area contributed by atoms with Crippen molar-refractivity contribution in [2.45, 2.75) is 6.92 Å². The molecule has 0 fully saturated rings. The van der Waals surface area contributed by atoms with E-state index in [1.165, 1.54) is 6.20 Å². The maximum Gasteiger partial charge on any atom is 0.216 e. The minimum atomic E-state index is -0.310. The van der Waals surface area contributed by atoms with Crippen molar-refractivity contribution in [3.63, 3.8) is 0 Å².